The van der Waals surface area contributed by atoms with Crippen molar-refractivity contribution >= 4 is 5.91 Å². The molecule has 32 heavy (non-hydrogen) atoms. The van der Waals surface area contributed by atoms with Gasteiger partial charge in [0.2, 0.25) is 5.88 Å². The van der Waals surface area contributed by atoms with Gasteiger partial charge in [0.1, 0.15) is 5.75 Å². The lowest BCUT2D eigenvalue weighted by Crippen LogP contribution is -2.27. The van der Waals surface area contributed by atoms with Gasteiger partial charge in [-0.3, -0.25) is 9.78 Å². The number of carbonyl (C=O) groups is 1. The highest BCUT2D eigenvalue weighted by molar-refractivity contribution is 5.98. The quantitative estimate of drug-likeness (QED) is 0.410. The molecule has 1 atom stereocenters. The lowest BCUT2D eigenvalue weighted by Gasteiger charge is -2.18. The number of benzene rings is 2. The lowest BCUT2D eigenvalue weighted by atomic mass is 9.98. The summed E-state index contributed by atoms with van der Waals surface area (Å²) in [5.41, 5.74) is 5.10. The van der Waals surface area contributed by atoms with E-state index in [0.717, 1.165) is 27.9 Å². The zero-order valence-electron chi connectivity index (χ0n) is 18.4. The van der Waals surface area contributed by atoms with Gasteiger partial charge in [-0.15, -0.1) is 0 Å². The van der Waals surface area contributed by atoms with Crippen molar-refractivity contribution in [3.63, 3.8) is 0 Å². The smallest absolute Gasteiger partial charge is 0.252 e. The third-order valence-electron chi connectivity index (χ3n) is 5.35. The maximum Gasteiger partial charge on any atom is 0.252 e. The third-order valence-corrected chi connectivity index (χ3v) is 5.35. The highest BCUT2D eigenvalue weighted by Gasteiger charge is 2.19. The summed E-state index contributed by atoms with van der Waals surface area (Å²) in [4.78, 5) is 21.9. The zero-order chi connectivity index (χ0) is 22.5. The predicted molar refractivity (Wildman–Crippen MR) is 126 cm³/mol. The topological polar surface area (TPSA) is 64.1 Å². The summed E-state index contributed by atoms with van der Waals surface area (Å²) in [5.74, 6) is 0.908. The van der Waals surface area contributed by atoms with E-state index in [-0.39, 0.29) is 11.9 Å². The molecule has 0 bridgehead atoms. The van der Waals surface area contributed by atoms with Crippen molar-refractivity contribution in [3.05, 3.63) is 108 Å². The molecule has 0 spiro atoms. The fourth-order valence-corrected chi connectivity index (χ4v) is 3.44. The largest absolute Gasteiger partial charge is 0.439 e. The lowest BCUT2D eigenvalue weighted by molar-refractivity contribution is 0.0939. The number of aromatic nitrogens is 2. The number of nitrogens with zero attached hydrogens (tertiary/aromatic N) is 2. The molecule has 160 valence electrons. The molecule has 2 heterocycles. The molecule has 0 saturated carbocycles. The number of rotatable bonds is 6. The Morgan fingerprint density at radius 3 is 2.38 bits per heavy atom. The fourth-order valence-electron chi connectivity index (χ4n) is 3.44. The van der Waals surface area contributed by atoms with E-state index in [1.54, 1.807) is 18.5 Å². The molecule has 0 aliphatic heterocycles. The molecule has 2 aromatic carbocycles. The monoisotopic (exact) mass is 423 g/mol. The molecule has 0 aliphatic carbocycles. The Labute approximate surface area is 188 Å². The van der Waals surface area contributed by atoms with Crippen molar-refractivity contribution in [3.8, 4) is 22.8 Å². The van der Waals surface area contributed by atoms with Crippen LogP contribution in [0, 0.1) is 13.8 Å². The van der Waals surface area contributed by atoms with E-state index in [4.69, 9.17) is 4.74 Å². The Kier molecular flexibility index (Phi) is 6.26. The van der Waals surface area contributed by atoms with Crippen molar-refractivity contribution in [1.29, 1.82) is 0 Å². The van der Waals surface area contributed by atoms with E-state index in [0.29, 0.717) is 17.2 Å². The summed E-state index contributed by atoms with van der Waals surface area (Å²) < 4.78 is 6.06. The first-order valence-electron chi connectivity index (χ1n) is 10.5. The van der Waals surface area contributed by atoms with Crippen LogP contribution in [0.1, 0.15) is 40.1 Å². The SMILES string of the molecule is Cc1ccc([C@@H](C)NC(=O)c2cc(-c3ccccc3)cc(Oc3ccccn3)c2C)cn1. The second kappa shape index (κ2) is 9.43. The minimum atomic E-state index is -0.185. The summed E-state index contributed by atoms with van der Waals surface area (Å²) >= 11 is 0. The van der Waals surface area contributed by atoms with Gasteiger partial charge in [-0.2, -0.15) is 0 Å². The Bertz CT molecular complexity index is 1210. The molecule has 1 N–H and O–H groups in total. The van der Waals surface area contributed by atoms with Crippen molar-refractivity contribution in [2.24, 2.45) is 0 Å². The molecule has 2 aromatic heterocycles. The van der Waals surface area contributed by atoms with Crippen LogP contribution in [0.25, 0.3) is 11.1 Å². The van der Waals surface area contributed by atoms with E-state index in [1.807, 2.05) is 87.5 Å². The molecule has 0 unspecified atom stereocenters. The number of amides is 1. The number of ether oxygens (including phenoxy) is 1. The first-order chi connectivity index (χ1) is 15.5. The predicted octanol–water partition coefficient (Wildman–Crippen LogP) is 6.04. The van der Waals surface area contributed by atoms with Crippen LogP contribution in [-0.2, 0) is 0 Å². The maximum atomic E-state index is 13.3. The van der Waals surface area contributed by atoms with Crippen LogP contribution in [0.5, 0.6) is 11.6 Å². The summed E-state index contributed by atoms with van der Waals surface area (Å²) in [5, 5.41) is 3.09. The maximum absolute atomic E-state index is 13.3. The van der Waals surface area contributed by atoms with Crippen molar-refractivity contribution in [2.45, 2.75) is 26.8 Å². The molecule has 5 nitrogen and oxygen atoms in total. The van der Waals surface area contributed by atoms with E-state index < -0.39 is 0 Å². The van der Waals surface area contributed by atoms with E-state index in [2.05, 4.69) is 15.3 Å². The molecular weight excluding hydrogens is 398 g/mol. The normalized spacial score (nSPS) is 11.6. The second-order valence-electron chi connectivity index (χ2n) is 7.71. The second-order valence-corrected chi connectivity index (χ2v) is 7.71. The molecule has 0 saturated heterocycles. The van der Waals surface area contributed by atoms with Gasteiger partial charge in [0.15, 0.2) is 0 Å². The first kappa shape index (κ1) is 21.2. The molecule has 0 radical (unpaired) electrons. The number of nitrogens with one attached hydrogen (secondary N) is 1. The Hall–Kier alpha value is -3.99. The number of aryl methyl sites for hydroxylation is 1. The average Bonchev–Trinajstić information content (AvgIpc) is 2.82. The van der Waals surface area contributed by atoms with Crippen molar-refractivity contribution in [2.75, 3.05) is 0 Å². The Morgan fingerprint density at radius 2 is 1.69 bits per heavy atom. The van der Waals surface area contributed by atoms with Gasteiger partial charge in [0, 0.05) is 35.3 Å². The van der Waals surface area contributed by atoms with E-state index in [1.165, 1.54) is 0 Å². The molecule has 0 fully saturated rings. The van der Waals surface area contributed by atoms with Crippen molar-refractivity contribution in [1.82, 2.24) is 15.3 Å². The molecule has 0 aliphatic rings. The number of pyridine rings is 2. The average molecular weight is 424 g/mol. The van der Waals surface area contributed by atoms with Crippen LogP contribution in [0.3, 0.4) is 0 Å². The zero-order valence-corrected chi connectivity index (χ0v) is 18.4. The van der Waals surface area contributed by atoms with Gasteiger partial charge in [-0.25, -0.2) is 4.98 Å². The highest BCUT2D eigenvalue weighted by atomic mass is 16.5. The standard InChI is InChI=1S/C27H25N3O2/c1-18-12-13-22(17-29-18)20(3)30-27(31)24-15-23(21-9-5-4-6-10-21)16-25(19(24)2)32-26-11-7-8-14-28-26/h4-17,20H,1-3H3,(H,30,31)/t20-/m1/s1. The minimum absolute atomic E-state index is 0.167. The minimum Gasteiger partial charge on any atom is -0.439 e. The number of hydrogen-bond donors (Lipinski definition) is 1. The highest BCUT2D eigenvalue weighted by Crippen LogP contribution is 2.33. The Balaban J connectivity index is 1.70. The molecular formula is C27H25N3O2. The van der Waals surface area contributed by atoms with Gasteiger partial charge in [-0.1, -0.05) is 42.5 Å². The van der Waals surface area contributed by atoms with Crippen LogP contribution >= 0.6 is 0 Å². The summed E-state index contributed by atoms with van der Waals surface area (Å²) in [6.45, 7) is 5.78. The first-order valence-corrected chi connectivity index (χ1v) is 10.5. The van der Waals surface area contributed by atoms with Crippen LogP contribution in [0.15, 0.2) is 85.2 Å². The molecule has 4 rings (SSSR count). The van der Waals surface area contributed by atoms with Crippen LogP contribution in [0.2, 0.25) is 0 Å². The van der Waals surface area contributed by atoms with E-state index in [9.17, 15) is 4.79 Å². The van der Waals surface area contributed by atoms with Gasteiger partial charge >= 0.3 is 0 Å². The molecule has 5 heteroatoms. The molecule has 1 amide bonds. The summed E-state index contributed by atoms with van der Waals surface area (Å²) in [7, 11) is 0. The van der Waals surface area contributed by atoms with Crippen LogP contribution < -0.4 is 10.1 Å². The van der Waals surface area contributed by atoms with Crippen LogP contribution in [-0.4, -0.2) is 15.9 Å². The third kappa shape index (κ3) is 4.83. The molecule has 4 aromatic rings. The summed E-state index contributed by atoms with van der Waals surface area (Å²) in [6.07, 6.45) is 3.47. The van der Waals surface area contributed by atoms with Crippen molar-refractivity contribution < 1.29 is 9.53 Å². The number of carbonyl (C=O) groups excluding carboxylic acids is 1. The van der Waals surface area contributed by atoms with Gasteiger partial charge in [-0.05, 0) is 61.7 Å². The van der Waals surface area contributed by atoms with Gasteiger partial charge in [0.05, 0.1) is 6.04 Å². The van der Waals surface area contributed by atoms with Crippen LogP contribution in [0.4, 0.5) is 0 Å². The van der Waals surface area contributed by atoms with E-state index >= 15 is 0 Å². The van der Waals surface area contributed by atoms with Gasteiger partial charge in [0.25, 0.3) is 5.91 Å². The van der Waals surface area contributed by atoms with Gasteiger partial charge < -0.3 is 10.1 Å². The Morgan fingerprint density at radius 1 is 0.906 bits per heavy atom. The summed E-state index contributed by atoms with van der Waals surface area (Å²) in [6, 6.07) is 23.0. The fraction of sp³-hybridized carbons (Fsp3) is 0.148. The number of hydrogen-bond acceptors (Lipinski definition) is 4.